The van der Waals surface area contributed by atoms with Crippen LogP contribution in [-0.2, 0) is 0 Å². The standard InChI is InChI=1S/C16H23N3/c1-10-7-8-15-13(9-10)18-16(17)19(15)14-6-4-5-11(2)12(14)3/h7-9,11-12,14H,4-6H2,1-3H3,(H2,17,18). The third kappa shape index (κ3) is 2.01. The monoisotopic (exact) mass is 257 g/mol. The Morgan fingerprint density at radius 3 is 2.84 bits per heavy atom. The number of hydrogen-bond acceptors (Lipinski definition) is 2. The van der Waals surface area contributed by atoms with Crippen molar-refractivity contribution in [2.24, 2.45) is 11.8 Å². The second-order valence-corrected chi connectivity index (χ2v) is 6.17. The van der Waals surface area contributed by atoms with Gasteiger partial charge in [-0.05, 0) is 42.9 Å². The molecule has 0 aliphatic heterocycles. The number of imidazole rings is 1. The lowest BCUT2D eigenvalue weighted by Crippen LogP contribution is -2.27. The van der Waals surface area contributed by atoms with Gasteiger partial charge in [0.15, 0.2) is 0 Å². The lowest BCUT2D eigenvalue weighted by molar-refractivity contribution is 0.191. The van der Waals surface area contributed by atoms with Crippen molar-refractivity contribution < 1.29 is 0 Å². The van der Waals surface area contributed by atoms with E-state index in [9.17, 15) is 0 Å². The van der Waals surface area contributed by atoms with Crippen molar-refractivity contribution in [3.8, 4) is 0 Å². The van der Waals surface area contributed by atoms with Gasteiger partial charge in [0.1, 0.15) is 0 Å². The van der Waals surface area contributed by atoms with Gasteiger partial charge < -0.3 is 10.3 Å². The van der Waals surface area contributed by atoms with Gasteiger partial charge in [0, 0.05) is 6.04 Å². The molecule has 1 aliphatic rings. The van der Waals surface area contributed by atoms with E-state index in [4.69, 9.17) is 5.73 Å². The zero-order valence-electron chi connectivity index (χ0n) is 12.1. The van der Waals surface area contributed by atoms with Gasteiger partial charge in [-0.1, -0.05) is 32.8 Å². The quantitative estimate of drug-likeness (QED) is 0.841. The minimum Gasteiger partial charge on any atom is -0.369 e. The molecule has 0 bridgehead atoms. The Kier molecular flexibility index (Phi) is 3.00. The van der Waals surface area contributed by atoms with E-state index in [0.29, 0.717) is 17.9 Å². The average Bonchev–Trinajstić information content (AvgIpc) is 2.68. The van der Waals surface area contributed by atoms with Crippen LogP contribution in [0.3, 0.4) is 0 Å². The van der Waals surface area contributed by atoms with Crippen LogP contribution in [0.15, 0.2) is 18.2 Å². The van der Waals surface area contributed by atoms with Crippen LogP contribution in [0.1, 0.15) is 44.7 Å². The first-order valence-corrected chi connectivity index (χ1v) is 7.32. The molecule has 3 unspecified atom stereocenters. The van der Waals surface area contributed by atoms with Crippen LogP contribution in [0.2, 0.25) is 0 Å². The molecule has 0 spiro atoms. The van der Waals surface area contributed by atoms with Gasteiger partial charge in [-0.3, -0.25) is 0 Å². The molecule has 1 aliphatic carbocycles. The molecule has 2 aromatic rings. The van der Waals surface area contributed by atoms with E-state index in [-0.39, 0.29) is 0 Å². The van der Waals surface area contributed by atoms with Crippen molar-refractivity contribution in [2.75, 3.05) is 5.73 Å². The van der Waals surface area contributed by atoms with E-state index in [0.717, 1.165) is 11.4 Å². The third-order valence-corrected chi connectivity index (χ3v) is 4.87. The predicted molar refractivity (Wildman–Crippen MR) is 80.1 cm³/mol. The molecule has 1 heterocycles. The smallest absolute Gasteiger partial charge is 0.201 e. The van der Waals surface area contributed by atoms with E-state index in [1.54, 1.807) is 0 Å². The van der Waals surface area contributed by atoms with Crippen molar-refractivity contribution in [3.05, 3.63) is 23.8 Å². The highest BCUT2D eigenvalue weighted by atomic mass is 15.2. The fourth-order valence-corrected chi connectivity index (χ4v) is 3.49. The fourth-order valence-electron chi connectivity index (χ4n) is 3.49. The molecule has 2 N–H and O–H groups in total. The number of hydrogen-bond donors (Lipinski definition) is 1. The average molecular weight is 257 g/mol. The summed E-state index contributed by atoms with van der Waals surface area (Å²) in [6.07, 6.45) is 3.85. The Balaban J connectivity index is 2.11. The van der Waals surface area contributed by atoms with Crippen molar-refractivity contribution in [3.63, 3.8) is 0 Å². The molecule has 3 nitrogen and oxygen atoms in total. The zero-order valence-corrected chi connectivity index (χ0v) is 12.1. The minimum atomic E-state index is 0.497. The normalized spacial score (nSPS) is 27.8. The number of nitrogens with two attached hydrogens (primary N) is 1. The molecule has 0 radical (unpaired) electrons. The molecule has 3 atom stereocenters. The first-order chi connectivity index (χ1) is 9.08. The summed E-state index contributed by atoms with van der Waals surface area (Å²) in [5.41, 5.74) is 9.65. The molecule has 0 saturated heterocycles. The lowest BCUT2D eigenvalue weighted by atomic mass is 9.78. The van der Waals surface area contributed by atoms with E-state index in [2.05, 4.69) is 48.5 Å². The highest BCUT2D eigenvalue weighted by Crippen LogP contribution is 2.40. The van der Waals surface area contributed by atoms with E-state index in [1.807, 2.05) is 0 Å². The predicted octanol–water partition coefficient (Wildman–Crippen LogP) is 3.92. The van der Waals surface area contributed by atoms with Gasteiger partial charge in [-0.25, -0.2) is 4.98 Å². The van der Waals surface area contributed by atoms with Crippen LogP contribution in [0.25, 0.3) is 11.0 Å². The summed E-state index contributed by atoms with van der Waals surface area (Å²) >= 11 is 0. The van der Waals surface area contributed by atoms with Gasteiger partial charge in [0.05, 0.1) is 11.0 Å². The highest BCUT2D eigenvalue weighted by Gasteiger charge is 2.30. The Morgan fingerprint density at radius 2 is 2.05 bits per heavy atom. The zero-order chi connectivity index (χ0) is 13.6. The van der Waals surface area contributed by atoms with Gasteiger partial charge in [0.2, 0.25) is 5.95 Å². The van der Waals surface area contributed by atoms with Crippen LogP contribution in [-0.4, -0.2) is 9.55 Å². The van der Waals surface area contributed by atoms with E-state index < -0.39 is 0 Å². The number of anilines is 1. The molecule has 102 valence electrons. The number of rotatable bonds is 1. The molecule has 19 heavy (non-hydrogen) atoms. The summed E-state index contributed by atoms with van der Waals surface area (Å²) in [7, 11) is 0. The Labute approximate surface area is 114 Å². The molecule has 1 aromatic carbocycles. The van der Waals surface area contributed by atoms with Crippen LogP contribution in [0.5, 0.6) is 0 Å². The Morgan fingerprint density at radius 1 is 1.26 bits per heavy atom. The number of fused-ring (bicyclic) bond motifs is 1. The van der Waals surface area contributed by atoms with Crippen LogP contribution >= 0.6 is 0 Å². The van der Waals surface area contributed by atoms with E-state index in [1.165, 1.54) is 30.3 Å². The maximum absolute atomic E-state index is 6.19. The SMILES string of the molecule is Cc1ccc2c(c1)nc(N)n2C1CCCC(C)C1C. The van der Waals surface area contributed by atoms with Crippen LogP contribution in [0, 0.1) is 18.8 Å². The number of nitrogens with zero attached hydrogens (tertiary/aromatic N) is 2. The molecule has 1 fully saturated rings. The van der Waals surface area contributed by atoms with E-state index >= 15 is 0 Å². The number of aryl methyl sites for hydroxylation is 1. The summed E-state index contributed by atoms with van der Waals surface area (Å²) in [5, 5.41) is 0. The Bertz CT molecular complexity index is 599. The number of aromatic nitrogens is 2. The lowest BCUT2D eigenvalue weighted by Gasteiger charge is -2.35. The topological polar surface area (TPSA) is 43.8 Å². The second kappa shape index (κ2) is 4.55. The van der Waals surface area contributed by atoms with Crippen LogP contribution < -0.4 is 5.73 Å². The number of nitrogen functional groups attached to an aromatic ring is 1. The summed E-state index contributed by atoms with van der Waals surface area (Å²) < 4.78 is 2.27. The van der Waals surface area contributed by atoms with Crippen molar-refractivity contribution in [1.82, 2.24) is 9.55 Å². The van der Waals surface area contributed by atoms with Crippen LogP contribution in [0.4, 0.5) is 5.95 Å². The van der Waals surface area contributed by atoms with Gasteiger partial charge >= 0.3 is 0 Å². The molecule has 3 heteroatoms. The molecular weight excluding hydrogens is 234 g/mol. The first kappa shape index (κ1) is 12.5. The molecule has 3 rings (SSSR count). The molecule has 1 aromatic heterocycles. The number of benzene rings is 1. The maximum atomic E-state index is 6.19. The van der Waals surface area contributed by atoms with Gasteiger partial charge in [-0.15, -0.1) is 0 Å². The largest absolute Gasteiger partial charge is 0.369 e. The van der Waals surface area contributed by atoms with Crippen molar-refractivity contribution in [2.45, 2.75) is 46.1 Å². The minimum absolute atomic E-state index is 0.497. The summed E-state index contributed by atoms with van der Waals surface area (Å²) in [6, 6.07) is 6.94. The van der Waals surface area contributed by atoms with Crippen molar-refractivity contribution in [1.29, 1.82) is 0 Å². The Hall–Kier alpha value is -1.51. The first-order valence-electron chi connectivity index (χ1n) is 7.32. The summed E-state index contributed by atoms with van der Waals surface area (Å²) in [4.78, 5) is 4.55. The summed E-state index contributed by atoms with van der Waals surface area (Å²) in [6.45, 7) is 6.81. The van der Waals surface area contributed by atoms with Gasteiger partial charge in [0.25, 0.3) is 0 Å². The summed E-state index contributed by atoms with van der Waals surface area (Å²) in [5.74, 6) is 2.10. The molecular formula is C16H23N3. The van der Waals surface area contributed by atoms with Gasteiger partial charge in [-0.2, -0.15) is 0 Å². The third-order valence-electron chi connectivity index (χ3n) is 4.87. The molecule has 0 amide bonds. The fraction of sp³-hybridized carbons (Fsp3) is 0.562. The second-order valence-electron chi connectivity index (χ2n) is 6.17. The maximum Gasteiger partial charge on any atom is 0.201 e. The molecule has 1 saturated carbocycles. The highest BCUT2D eigenvalue weighted by molar-refractivity contribution is 5.79. The van der Waals surface area contributed by atoms with Crippen molar-refractivity contribution >= 4 is 17.0 Å².